The van der Waals surface area contributed by atoms with Crippen molar-refractivity contribution in [1.29, 1.82) is 0 Å². The molecule has 0 saturated carbocycles. The van der Waals surface area contributed by atoms with Gasteiger partial charge >= 0.3 is 0 Å². The Hall–Kier alpha value is -1.23. The van der Waals surface area contributed by atoms with Crippen molar-refractivity contribution in [2.45, 2.75) is 6.04 Å². The number of nitrogens with one attached hydrogen (secondary N) is 1. The average Bonchev–Trinajstić information content (AvgIpc) is 3.09. The highest BCUT2D eigenvalue weighted by Crippen LogP contribution is 2.33. The first kappa shape index (κ1) is 11.8. The molecule has 0 amide bonds. The van der Waals surface area contributed by atoms with Gasteiger partial charge in [0.1, 0.15) is 6.04 Å². The van der Waals surface area contributed by atoms with E-state index in [1.165, 1.54) is 9.75 Å². The van der Waals surface area contributed by atoms with E-state index in [0.717, 1.165) is 4.34 Å². The second-order valence-electron chi connectivity index (χ2n) is 3.81. The molecule has 0 bridgehead atoms. The average molecular weight is 295 g/mol. The Labute approximate surface area is 118 Å². The van der Waals surface area contributed by atoms with E-state index in [-0.39, 0.29) is 6.04 Å². The standard InChI is InChI=1S/C13H11ClN2S2/c14-12-6-5-11(18-12)13(10-4-3-9-17-10)15-16-7-1-2-8-16/h1-9,13,15H. The number of nitrogens with zero attached hydrogens (tertiary/aromatic N) is 1. The topological polar surface area (TPSA) is 17.0 Å². The number of halogens is 1. The van der Waals surface area contributed by atoms with E-state index in [0.29, 0.717) is 0 Å². The van der Waals surface area contributed by atoms with Gasteiger partial charge in [0.05, 0.1) is 4.34 Å². The maximum absolute atomic E-state index is 6.04. The van der Waals surface area contributed by atoms with Gasteiger partial charge in [0.2, 0.25) is 0 Å². The zero-order valence-electron chi connectivity index (χ0n) is 9.42. The van der Waals surface area contributed by atoms with E-state index in [1.54, 1.807) is 22.7 Å². The summed E-state index contributed by atoms with van der Waals surface area (Å²) in [7, 11) is 0. The van der Waals surface area contributed by atoms with E-state index in [2.05, 4.69) is 29.0 Å². The van der Waals surface area contributed by atoms with Crippen LogP contribution < -0.4 is 5.43 Å². The Morgan fingerprint density at radius 1 is 1.06 bits per heavy atom. The Bertz CT molecular complexity index is 599. The summed E-state index contributed by atoms with van der Waals surface area (Å²) in [5.74, 6) is 0. The molecule has 3 heterocycles. The Kier molecular flexibility index (Phi) is 3.41. The zero-order chi connectivity index (χ0) is 12.4. The van der Waals surface area contributed by atoms with Crippen molar-refractivity contribution in [3.05, 3.63) is 68.3 Å². The highest BCUT2D eigenvalue weighted by Gasteiger charge is 2.17. The molecule has 3 aromatic rings. The number of hydrogen-bond acceptors (Lipinski definition) is 3. The third-order valence-electron chi connectivity index (χ3n) is 2.59. The SMILES string of the molecule is Clc1ccc(C(Nn2cccc2)c2cccs2)s1. The summed E-state index contributed by atoms with van der Waals surface area (Å²) in [6, 6.07) is 12.4. The predicted molar refractivity (Wildman–Crippen MR) is 79.3 cm³/mol. The number of aromatic nitrogens is 1. The third-order valence-corrected chi connectivity index (χ3v) is 4.82. The Morgan fingerprint density at radius 3 is 2.50 bits per heavy atom. The van der Waals surface area contributed by atoms with Crippen LogP contribution in [0.2, 0.25) is 4.34 Å². The van der Waals surface area contributed by atoms with Gasteiger partial charge in [0.25, 0.3) is 0 Å². The van der Waals surface area contributed by atoms with Crippen LogP contribution in [0.15, 0.2) is 54.2 Å². The van der Waals surface area contributed by atoms with Gasteiger partial charge < -0.3 is 5.43 Å². The second-order valence-corrected chi connectivity index (χ2v) is 6.54. The van der Waals surface area contributed by atoms with Crippen LogP contribution in [0, 0.1) is 0 Å². The molecule has 0 aliphatic carbocycles. The number of hydrogen-bond donors (Lipinski definition) is 1. The molecule has 0 saturated heterocycles. The molecule has 0 aromatic carbocycles. The van der Waals surface area contributed by atoms with Crippen LogP contribution >= 0.6 is 34.3 Å². The second kappa shape index (κ2) is 5.18. The van der Waals surface area contributed by atoms with Gasteiger partial charge in [-0.3, -0.25) is 4.68 Å². The minimum atomic E-state index is 0.148. The summed E-state index contributed by atoms with van der Waals surface area (Å²) in [5, 5.41) is 2.09. The fraction of sp³-hybridized carbons (Fsp3) is 0.0769. The summed E-state index contributed by atoms with van der Waals surface area (Å²) < 4.78 is 2.79. The van der Waals surface area contributed by atoms with Crippen LogP contribution in [-0.2, 0) is 0 Å². The van der Waals surface area contributed by atoms with Gasteiger partial charge in [-0.05, 0) is 35.7 Å². The van der Waals surface area contributed by atoms with E-state index in [1.807, 2.05) is 35.3 Å². The predicted octanol–water partition coefficient (Wildman–Crippen LogP) is 4.60. The first-order valence-electron chi connectivity index (χ1n) is 5.51. The molecule has 1 unspecified atom stereocenters. The van der Waals surface area contributed by atoms with Gasteiger partial charge in [-0.1, -0.05) is 17.7 Å². The molecule has 0 fully saturated rings. The molecule has 1 N–H and O–H groups in total. The lowest BCUT2D eigenvalue weighted by molar-refractivity contribution is 0.780. The van der Waals surface area contributed by atoms with Crippen LogP contribution in [0.5, 0.6) is 0 Å². The van der Waals surface area contributed by atoms with Crippen molar-refractivity contribution < 1.29 is 0 Å². The Balaban J connectivity index is 1.93. The zero-order valence-corrected chi connectivity index (χ0v) is 11.8. The first-order valence-corrected chi connectivity index (χ1v) is 7.58. The molecule has 0 aliphatic rings. The highest BCUT2D eigenvalue weighted by atomic mass is 35.5. The van der Waals surface area contributed by atoms with Crippen molar-refractivity contribution in [2.75, 3.05) is 5.43 Å². The van der Waals surface area contributed by atoms with Crippen LogP contribution in [0.25, 0.3) is 0 Å². The molecular weight excluding hydrogens is 284 g/mol. The minimum Gasteiger partial charge on any atom is -0.313 e. The smallest absolute Gasteiger partial charge is 0.111 e. The summed E-state index contributed by atoms with van der Waals surface area (Å²) in [6.07, 6.45) is 3.99. The summed E-state index contributed by atoms with van der Waals surface area (Å²) in [4.78, 5) is 2.50. The fourth-order valence-corrected chi connectivity index (χ4v) is 3.76. The summed E-state index contributed by atoms with van der Waals surface area (Å²) in [5.41, 5.74) is 3.47. The van der Waals surface area contributed by atoms with E-state index >= 15 is 0 Å². The van der Waals surface area contributed by atoms with Gasteiger partial charge in [-0.2, -0.15) is 0 Å². The minimum absolute atomic E-state index is 0.148. The van der Waals surface area contributed by atoms with Crippen molar-refractivity contribution in [3.63, 3.8) is 0 Å². The van der Waals surface area contributed by atoms with Crippen molar-refractivity contribution in [1.82, 2.24) is 4.68 Å². The molecule has 3 rings (SSSR count). The van der Waals surface area contributed by atoms with Gasteiger partial charge in [-0.25, -0.2) is 0 Å². The van der Waals surface area contributed by atoms with E-state index in [4.69, 9.17) is 11.6 Å². The van der Waals surface area contributed by atoms with Gasteiger partial charge in [0.15, 0.2) is 0 Å². The van der Waals surface area contributed by atoms with E-state index < -0.39 is 0 Å². The molecular formula is C13H11ClN2S2. The quantitative estimate of drug-likeness (QED) is 0.744. The lowest BCUT2D eigenvalue weighted by Gasteiger charge is -2.18. The first-order chi connectivity index (χ1) is 8.83. The molecule has 2 nitrogen and oxygen atoms in total. The largest absolute Gasteiger partial charge is 0.313 e. The van der Waals surface area contributed by atoms with Crippen molar-refractivity contribution in [2.24, 2.45) is 0 Å². The molecule has 92 valence electrons. The molecule has 0 radical (unpaired) electrons. The van der Waals surface area contributed by atoms with Crippen LogP contribution in [0.3, 0.4) is 0 Å². The van der Waals surface area contributed by atoms with Gasteiger partial charge in [-0.15, -0.1) is 22.7 Å². The number of rotatable bonds is 4. The molecule has 3 aromatic heterocycles. The normalized spacial score (nSPS) is 12.5. The number of thiophene rings is 2. The molecule has 0 spiro atoms. The van der Waals surface area contributed by atoms with Crippen molar-refractivity contribution >= 4 is 34.3 Å². The molecule has 18 heavy (non-hydrogen) atoms. The van der Waals surface area contributed by atoms with E-state index in [9.17, 15) is 0 Å². The van der Waals surface area contributed by atoms with Crippen molar-refractivity contribution in [3.8, 4) is 0 Å². The van der Waals surface area contributed by atoms with Crippen LogP contribution in [-0.4, -0.2) is 4.68 Å². The van der Waals surface area contributed by atoms with Gasteiger partial charge in [0, 0.05) is 22.1 Å². The Morgan fingerprint density at radius 2 is 1.89 bits per heavy atom. The lowest BCUT2D eigenvalue weighted by atomic mass is 10.2. The maximum atomic E-state index is 6.04. The molecule has 0 aliphatic heterocycles. The molecule has 5 heteroatoms. The lowest BCUT2D eigenvalue weighted by Crippen LogP contribution is -2.19. The fourth-order valence-electron chi connectivity index (χ4n) is 1.78. The third kappa shape index (κ3) is 2.46. The highest BCUT2D eigenvalue weighted by molar-refractivity contribution is 7.16. The molecule has 1 atom stereocenters. The maximum Gasteiger partial charge on any atom is 0.111 e. The van der Waals surface area contributed by atoms with Crippen LogP contribution in [0.4, 0.5) is 0 Å². The monoisotopic (exact) mass is 294 g/mol. The van der Waals surface area contributed by atoms with Crippen LogP contribution in [0.1, 0.15) is 15.8 Å². The summed E-state index contributed by atoms with van der Waals surface area (Å²) in [6.45, 7) is 0. The summed E-state index contributed by atoms with van der Waals surface area (Å²) >= 11 is 9.39.